The van der Waals surface area contributed by atoms with Crippen LogP contribution in [-0.2, 0) is 6.54 Å². The van der Waals surface area contributed by atoms with E-state index in [4.69, 9.17) is 0 Å². The Morgan fingerprint density at radius 1 is 1.18 bits per heavy atom. The van der Waals surface area contributed by atoms with Crippen LogP contribution in [0.4, 0.5) is 0 Å². The molecule has 1 saturated carbocycles. The highest BCUT2D eigenvalue weighted by molar-refractivity contribution is 9.10. The van der Waals surface area contributed by atoms with E-state index in [2.05, 4.69) is 46.4 Å². The third-order valence-corrected chi connectivity index (χ3v) is 4.56. The lowest BCUT2D eigenvalue weighted by Gasteiger charge is -2.16. The molecule has 0 aliphatic heterocycles. The molecule has 0 saturated heterocycles. The molecule has 2 rings (SSSR count). The highest BCUT2D eigenvalue weighted by Crippen LogP contribution is 2.19. The van der Waals surface area contributed by atoms with Gasteiger partial charge in [-0.2, -0.15) is 0 Å². The van der Waals surface area contributed by atoms with Crippen molar-refractivity contribution < 1.29 is 0 Å². The zero-order valence-corrected chi connectivity index (χ0v) is 12.2. The highest BCUT2D eigenvalue weighted by atomic mass is 79.9. The van der Waals surface area contributed by atoms with Crippen molar-refractivity contribution >= 4 is 15.9 Å². The fourth-order valence-electron chi connectivity index (χ4n) is 2.56. The minimum atomic E-state index is 0.737. The summed E-state index contributed by atoms with van der Waals surface area (Å²) in [5.74, 6) is 0. The van der Waals surface area contributed by atoms with Gasteiger partial charge in [0, 0.05) is 17.1 Å². The predicted octanol–water partition coefficient (Wildman–Crippen LogP) is 4.57. The number of rotatable bonds is 3. The van der Waals surface area contributed by atoms with Crippen molar-refractivity contribution in [2.45, 2.75) is 58.0 Å². The third kappa shape index (κ3) is 4.11. The van der Waals surface area contributed by atoms with Crippen molar-refractivity contribution in [3.63, 3.8) is 0 Å². The Balaban J connectivity index is 1.85. The second kappa shape index (κ2) is 6.55. The van der Waals surface area contributed by atoms with Crippen molar-refractivity contribution in [2.75, 3.05) is 0 Å². The van der Waals surface area contributed by atoms with Crippen molar-refractivity contribution in [3.05, 3.63) is 33.8 Å². The summed E-state index contributed by atoms with van der Waals surface area (Å²) in [6, 6.07) is 7.37. The van der Waals surface area contributed by atoms with Gasteiger partial charge in [0.05, 0.1) is 0 Å². The van der Waals surface area contributed by atoms with Gasteiger partial charge in [-0.3, -0.25) is 0 Å². The summed E-state index contributed by atoms with van der Waals surface area (Å²) in [7, 11) is 0. The van der Waals surface area contributed by atoms with Crippen LogP contribution in [0.3, 0.4) is 0 Å². The molecular formula is C15H22BrN. The number of aryl methyl sites for hydroxylation is 1. The minimum Gasteiger partial charge on any atom is -0.310 e. The first-order valence-corrected chi connectivity index (χ1v) is 7.53. The average Bonchev–Trinajstić information content (AvgIpc) is 2.59. The van der Waals surface area contributed by atoms with Crippen LogP contribution in [0.1, 0.15) is 49.7 Å². The van der Waals surface area contributed by atoms with Crippen molar-refractivity contribution in [1.82, 2.24) is 5.32 Å². The van der Waals surface area contributed by atoms with Gasteiger partial charge < -0.3 is 5.32 Å². The first kappa shape index (κ1) is 13.1. The number of benzene rings is 1. The molecule has 1 nitrogen and oxygen atoms in total. The average molecular weight is 296 g/mol. The molecule has 1 aliphatic carbocycles. The summed E-state index contributed by atoms with van der Waals surface area (Å²) in [6.07, 6.45) is 8.37. The maximum Gasteiger partial charge on any atom is 0.0208 e. The van der Waals surface area contributed by atoms with E-state index in [9.17, 15) is 0 Å². The summed E-state index contributed by atoms with van der Waals surface area (Å²) >= 11 is 3.55. The molecule has 0 bridgehead atoms. The number of nitrogens with one attached hydrogen (secondary N) is 1. The molecule has 1 aliphatic rings. The molecule has 94 valence electrons. The summed E-state index contributed by atoms with van der Waals surface area (Å²) < 4.78 is 1.20. The summed E-state index contributed by atoms with van der Waals surface area (Å²) in [5, 5.41) is 3.71. The van der Waals surface area contributed by atoms with E-state index in [0.717, 1.165) is 12.6 Å². The first-order valence-electron chi connectivity index (χ1n) is 6.74. The van der Waals surface area contributed by atoms with E-state index < -0.39 is 0 Å². The maximum absolute atomic E-state index is 3.71. The Bertz CT molecular complexity index is 354. The summed E-state index contributed by atoms with van der Waals surface area (Å²) in [4.78, 5) is 0. The molecule has 1 fully saturated rings. The second-order valence-corrected chi connectivity index (χ2v) is 6.01. The van der Waals surface area contributed by atoms with Gasteiger partial charge in [0.1, 0.15) is 0 Å². The third-order valence-electron chi connectivity index (χ3n) is 3.67. The lowest BCUT2D eigenvalue weighted by atomic mass is 10.1. The molecule has 0 radical (unpaired) electrons. The monoisotopic (exact) mass is 295 g/mol. The maximum atomic E-state index is 3.71. The highest BCUT2D eigenvalue weighted by Gasteiger charge is 2.11. The zero-order valence-electron chi connectivity index (χ0n) is 10.6. The quantitative estimate of drug-likeness (QED) is 0.806. The lowest BCUT2D eigenvalue weighted by Crippen LogP contribution is -2.27. The van der Waals surface area contributed by atoms with Gasteiger partial charge in [-0.15, -0.1) is 0 Å². The molecule has 0 atom stereocenters. The molecule has 17 heavy (non-hydrogen) atoms. The Hall–Kier alpha value is -0.340. The predicted molar refractivity (Wildman–Crippen MR) is 77.2 cm³/mol. The van der Waals surface area contributed by atoms with Crippen molar-refractivity contribution in [3.8, 4) is 0 Å². The Kier molecular flexibility index (Phi) is 5.05. The van der Waals surface area contributed by atoms with Gasteiger partial charge in [-0.05, 0) is 37.0 Å². The van der Waals surface area contributed by atoms with Crippen LogP contribution in [0.5, 0.6) is 0 Å². The van der Waals surface area contributed by atoms with E-state index in [1.807, 2.05) is 0 Å². The first-order chi connectivity index (χ1) is 8.25. The lowest BCUT2D eigenvalue weighted by molar-refractivity contribution is 0.459. The second-order valence-electron chi connectivity index (χ2n) is 5.15. The van der Waals surface area contributed by atoms with Crippen LogP contribution in [0, 0.1) is 6.92 Å². The van der Waals surface area contributed by atoms with Gasteiger partial charge in [-0.1, -0.05) is 53.7 Å². The van der Waals surface area contributed by atoms with E-state index in [1.54, 1.807) is 0 Å². The van der Waals surface area contributed by atoms with E-state index in [-0.39, 0.29) is 0 Å². The van der Waals surface area contributed by atoms with Crippen LogP contribution in [0.2, 0.25) is 0 Å². The Labute approximate surface area is 113 Å². The van der Waals surface area contributed by atoms with Crippen molar-refractivity contribution in [1.29, 1.82) is 0 Å². The number of hydrogen-bond acceptors (Lipinski definition) is 1. The minimum absolute atomic E-state index is 0.737. The molecular weight excluding hydrogens is 274 g/mol. The van der Waals surface area contributed by atoms with Crippen LogP contribution in [0.15, 0.2) is 22.7 Å². The normalized spacial score (nSPS) is 18.0. The molecule has 1 aromatic carbocycles. The van der Waals surface area contributed by atoms with Gasteiger partial charge >= 0.3 is 0 Å². The van der Waals surface area contributed by atoms with E-state index in [0.29, 0.717) is 0 Å². The molecule has 1 aromatic rings. The Morgan fingerprint density at radius 2 is 1.88 bits per heavy atom. The molecule has 1 N–H and O–H groups in total. The van der Waals surface area contributed by atoms with E-state index >= 15 is 0 Å². The molecule has 0 amide bonds. The summed E-state index contributed by atoms with van der Waals surface area (Å²) in [6.45, 7) is 3.16. The van der Waals surface area contributed by atoms with Crippen LogP contribution < -0.4 is 5.32 Å². The summed E-state index contributed by atoms with van der Waals surface area (Å²) in [5.41, 5.74) is 2.72. The van der Waals surface area contributed by atoms with Crippen LogP contribution >= 0.6 is 15.9 Å². The van der Waals surface area contributed by atoms with Gasteiger partial charge in [0.25, 0.3) is 0 Å². The Morgan fingerprint density at radius 3 is 2.53 bits per heavy atom. The fourth-order valence-corrected chi connectivity index (χ4v) is 2.81. The molecule has 0 aromatic heterocycles. The van der Waals surface area contributed by atoms with Gasteiger partial charge in [0.15, 0.2) is 0 Å². The van der Waals surface area contributed by atoms with Gasteiger partial charge in [-0.25, -0.2) is 0 Å². The standard InChI is InChI=1S/C15H22BrN/c1-12-10-13(8-9-15(12)16)11-17-14-6-4-2-3-5-7-14/h8-10,14,17H,2-7,11H2,1H3. The van der Waals surface area contributed by atoms with Crippen LogP contribution in [0.25, 0.3) is 0 Å². The fraction of sp³-hybridized carbons (Fsp3) is 0.600. The SMILES string of the molecule is Cc1cc(CNC2CCCCCC2)ccc1Br. The van der Waals surface area contributed by atoms with Gasteiger partial charge in [0.2, 0.25) is 0 Å². The van der Waals surface area contributed by atoms with Crippen molar-refractivity contribution in [2.24, 2.45) is 0 Å². The van der Waals surface area contributed by atoms with Crippen LogP contribution in [-0.4, -0.2) is 6.04 Å². The molecule has 2 heteroatoms. The number of halogens is 1. The topological polar surface area (TPSA) is 12.0 Å². The largest absolute Gasteiger partial charge is 0.310 e. The smallest absolute Gasteiger partial charge is 0.0208 e. The number of hydrogen-bond donors (Lipinski definition) is 1. The zero-order chi connectivity index (χ0) is 12.1. The molecule has 0 spiro atoms. The van der Waals surface area contributed by atoms with E-state index in [1.165, 1.54) is 54.1 Å². The molecule has 0 heterocycles. The molecule has 0 unspecified atom stereocenters.